The van der Waals surface area contributed by atoms with Crippen molar-refractivity contribution in [2.45, 2.75) is 32.0 Å². The van der Waals surface area contributed by atoms with Gasteiger partial charge in [0.25, 0.3) is 5.91 Å². The van der Waals surface area contributed by atoms with Gasteiger partial charge < -0.3 is 0 Å². The van der Waals surface area contributed by atoms with Gasteiger partial charge in [-0.05, 0) is 35.2 Å². The predicted octanol–water partition coefficient (Wildman–Crippen LogP) is 4.30. The van der Waals surface area contributed by atoms with E-state index < -0.39 is 12.0 Å². The number of hydrogen-bond donors (Lipinski definition) is 0. The number of benzene rings is 3. The van der Waals surface area contributed by atoms with Gasteiger partial charge in [-0.2, -0.15) is 0 Å². The number of aryl methyl sites for hydroxylation is 1. The number of anilines is 1. The zero-order valence-electron chi connectivity index (χ0n) is 17.3. The van der Waals surface area contributed by atoms with Crippen molar-refractivity contribution >= 4 is 17.5 Å². The van der Waals surface area contributed by atoms with Crippen molar-refractivity contribution in [2.24, 2.45) is 5.92 Å². The first-order chi connectivity index (χ1) is 15.2. The second-order valence-corrected chi connectivity index (χ2v) is 8.00. The van der Waals surface area contributed by atoms with Crippen molar-refractivity contribution in [1.82, 2.24) is 4.90 Å². The first kappa shape index (κ1) is 19.5. The Morgan fingerprint density at radius 3 is 2.06 bits per heavy atom. The van der Waals surface area contributed by atoms with Gasteiger partial charge in [-0.15, -0.1) is 0 Å². The van der Waals surface area contributed by atoms with Gasteiger partial charge in [0.2, 0.25) is 5.91 Å². The summed E-state index contributed by atoms with van der Waals surface area (Å²) in [5, 5.41) is 1.74. The summed E-state index contributed by atoms with van der Waals surface area (Å²) >= 11 is 0. The Hall–Kier alpha value is -3.44. The van der Waals surface area contributed by atoms with Crippen LogP contribution < -0.4 is 5.06 Å². The molecule has 2 amide bonds. The fraction of sp³-hybridized carbons (Fsp3) is 0.231. The number of likely N-dealkylation sites (tertiary alicyclic amines) is 1. The van der Waals surface area contributed by atoms with Crippen molar-refractivity contribution in [3.05, 3.63) is 102 Å². The third kappa shape index (κ3) is 3.41. The van der Waals surface area contributed by atoms with E-state index in [9.17, 15) is 9.59 Å². The molecule has 2 aliphatic heterocycles. The molecule has 0 N–H and O–H groups in total. The summed E-state index contributed by atoms with van der Waals surface area (Å²) in [4.78, 5) is 34.2. The van der Waals surface area contributed by atoms with E-state index in [1.165, 1.54) is 10.5 Å². The van der Waals surface area contributed by atoms with Crippen LogP contribution in [0, 0.1) is 5.92 Å². The van der Waals surface area contributed by atoms with E-state index in [1.54, 1.807) is 5.06 Å². The number of nitrogens with zero attached hydrogens (tertiary/aromatic N) is 2. The molecule has 2 aliphatic rings. The van der Waals surface area contributed by atoms with E-state index >= 15 is 0 Å². The summed E-state index contributed by atoms with van der Waals surface area (Å²) < 4.78 is 0. The molecule has 0 bridgehead atoms. The topological polar surface area (TPSA) is 49.9 Å². The molecule has 3 aromatic carbocycles. The third-order valence-electron chi connectivity index (χ3n) is 6.13. The molecule has 3 aromatic rings. The highest BCUT2D eigenvalue weighted by Gasteiger charge is 2.59. The zero-order chi connectivity index (χ0) is 21.4. The van der Waals surface area contributed by atoms with E-state index in [2.05, 4.69) is 19.1 Å². The van der Waals surface area contributed by atoms with Crippen molar-refractivity contribution in [3.8, 4) is 0 Å². The summed E-state index contributed by atoms with van der Waals surface area (Å²) in [5.41, 5.74) is 3.95. The van der Waals surface area contributed by atoms with Crippen molar-refractivity contribution in [3.63, 3.8) is 0 Å². The Morgan fingerprint density at radius 2 is 1.42 bits per heavy atom. The fourth-order valence-electron chi connectivity index (χ4n) is 4.48. The molecular weight excluding hydrogens is 388 g/mol. The maximum absolute atomic E-state index is 13.5. The normalized spacial score (nSPS) is 22.8. The molecule has 2 saturated heterocycles. The van der Waals surface area contributed by atoms with Crippen LogP contribution in [0.1, 0.15) is 29.7 Å². The summed E-state index contributed by atoms with van der Waals surface area (Å²) in [7, 11) is 0. The SMILES string of the molecule is CCc1ccc([C@@H]2[C@H]3C(=O)N(Cc4ccccc4)C(=O)[C@H]3ON2c2ccccc2)cc1. The molecule has 2 heterocycles. The molecule has 2 fully saturated rings. The number of para-hydroxylation sites is 1. The van der Waals surface area contributed by atoms with Crippen LogP contribution in [0.15, 0.2) is 84.9 Å². The van der Waals surface area contributed by atoms with Crippen LogP contribution >= 0.6 is 0 Å². The average Bonchev–Trinajstić information content (AvgIpc) is 3.32. The van der Waals surface area contributed by atoms with E-state index in [-0.39, 0.29) is 24.4 Å². The highest BCUT2D eigenvalue weighted by Crippen LogP contribution is 2.46. The van der Waals surface area contributed by atoms with Crippen LogP contribution in [0.4, 0.5) is 5.69 Å². The number of amides is 2. The molecule has 0 aliphatic carbocycles. The minimum Gasteiger partial charge on any atom is -0.275 e. The lowest BCUT2D eigenvalue weighted by Gasteiger charge is -2.29. The minimum atomic E-state index is -0.813. The van der Waals surface area contributed by atoms with E-state index in [0.717, 1.165) is 23.2 Å². The number of imide groups is 1. The Bertz CT molecular complexity index is 1080. The quantitative estimate of drug-likeness (QED) is 0.587. The molecule has 156 valence electrons. The average molecular weight is 412 g/mol. The summed E-state index contributed by atoms with van der Waals surface area (Å²) in [6.45, 7) is 2.38. The predicted molar refractivity (Wildman–Crippen MR) is 118 cm³/mol. The van der Waals surface area contributed by atoms with E-state index in [1.807, 2.05) is 72.8 Å². The second kappa shape index (κ2) is 8.00. The van der Waals surface area contributed by atoms with Crippen molar-refractivity contribution < 1.29 is 14.4 Å². The molecule has 0 spiro atoms. The largest absolute Gasteiger partial charge is 0.275 e. The van der Waals surface area contributed by atoms with E-state index in [0.29, 0.717) is 0 Å². The minimum absolute atomic E-state index is 0.179. The van der Waals surface area contributed by atoms with Gasteiger partial charge in [0.05, 0.1) is 18.3 Å². The zero-order valence-corrected chi connectivity index (χ0v) is 17.3. The van der Waals surface area contributed by atoms with Crippen molar-refractivity contribution in [2.75, 3.05) is 5.06 Å². The smallest absolute Gasteiger partial charge is 0.262 e. The summed E-state index contributed by atoms with van der Waals surface area (Å²) in [5.74, 6) is -1.03. The lowest BCUT2D eigenvalue weighted by Crippen LogP contribution is -2.36. The maximum Gasteiger partial charge on any atom is 0.262 e. The third-order valence-corrected chi connectivity index (χ3v) is 6.13. The Morgan fingerprint density at radius 1 is 0.774 bits per heavy atom. The van der Waals surface area contributed by atoms with Gasteiger partial charge in [0.15, 0.2) is 6.10 Å². The standard InChI is InChI=1S/C26H24N2O3/c1-2-18-13-15-20(16-14-18)23-22-24(31-28(23)21-11-7-4-8-12-21)26(30)27(25(22)29)17-19-9-5-3-6-10-19/h3-16,22-24H,2,17H2,1H3/t22-,23-,24+/m1/s1. The highest BCUT2D eigenvalue weighted by atomic mass is 16.7. The van der Waals surface area contributed by atoms with Crippen LogP contribution in [0.25, 0.3) is 0 Å². The Kier molecular flexibility index (Phi) is 5.04. The van der Waals surface area contributed by atoms with Gasteiger partial charge in [-0.3, -0.25) is 19.3 Å². The van der Waals surface area contributed by atoms with Gasteiger partial charge in [0, 0.05) is 0 Å². The first-order valence-electron chi connectivity index (χ1n) is 10.7. The molecule has 0 radical (unpaired) electrons. The lowest BCUT2D eigenvalue weighted by atomic mass is 9.90. The number of carbonyl (C=O) groups is 2. The van der Waals surface area contributed by atoms with Gasteiger partial charge in [0.1, 0.15) is 5.92 Å². The molecule has 5 heteroatoms. The van der Waals surface area contributed by atoms with Gasteiger partial charge in [-0.1, -0.05) is 79.7 Å². The molecule has 3 atom stereocenters. The molecule has 5 nitrogen and oxygen atoms in total. The van der Waals surface area contributed by atoms with Crippen LogP contribution in [0.3, 0.4) is 0 Å². The monoisotopic (exact) mass is 412 g/mol. The fourth-order valence-corrected chi connectivity index (χ4v) is 4.48. The van der Waals surface area contributed by atoms with Crippen LogP contribution in [0.5, 0.6) is 0 Å². The van der Waals surface area contributed by atoms with Crippen LogP contribution in [-0.4, -0.2) is 22.8 Å². The van der Waals surface area contributed by atoms with Gasteiger partial charge >= 0.3 is 0 Å². The molecule has 0 aromatic heterocycles. The van der Waals surface area contributed by atoms with Crippen LogP contribution in [-0.2, 0) is 27.4 Å². The maximum atomic E-state index is 13.5. The number of hydroxylamine groups is 1. The highest BCUT2D eigenvalue weighted by molar-refractivity contribution is 6.07. The molecule has 5 rings (SSSR count). The molecule has 0 unspecified atom stereocenters. The Balaban J connectivity index is 1.52. The number of rotatable bonds is 5. The van der Waals surface area contributed by atoms with E-state index in [4.69, 9.17) is 4.84 Å². The summed E-state index contributed by atoms with van der Waals surface area (Å²) in [6.07, 6.45) is 0.130. The summed E-state index contributed by atoms with van der Waals surface area (Å²) in [6, 6.07) is 27.1. The number of carbonyl (C=O) groups excluding carboxylic acids is 2. The number of hydrogen-bond acceptors (Lipinski definition) is 4. The molecular formula is C26H24N2O3. The first-order valence-corrected chi connectivity index (χ1v) is 10.7. The van der Waals surface area contributed by atoms with Crippen LogP contribution in [0.2, 0.25) is 0 Å². The Labute approximate surface area is 181 Å². The molecule has 0 saturated carbocycles. The van der Waals surface area contributed by atoms with Crippen molar-refractivity contribution in [1.29, 1.82) is 0 Å². The lowest BCUT2D eigenvalue weighted by molar-refractivity contribution is -0.143. The molecule has 31 heavy (non-hydrogen) atoms. The van der Waals surface area contributed by atoms with Gasteiger partial charge in [-0.25, -0.2) is 5.06 Å². The second-order valence-electron chi connectivity index (χ2n) is 8.00. The number of fused-ring (bicyclic) bond motifs is 1.